The number of piperazine rings is 1. The molecule has 0 atom stereocenters. The first-order valence-electron chi connectivity index (χ1n) is 7.70. The molecule has 0 unspecified atom stereocenters. The fourth-order valence-corrected chi connectivity index (χ4v) is 2.67. The van der Waals surface area contributed by atoms with E-state index < -0.39 is 0 Å². The maximum atomic E-state index is 12.4. The Morgan fingerprint density at radius 1 is 1.23 bits per heavy atom. The molecule has 0 aliphatic carbocycles. The molecule has 1 aliphatic heterocycles. The second kappa shape index (κ2) is 6.70. The van der Waals surface area contributed by atoms with Crippen LogP contribution in [0.2, 0.25) is 0 Å². The molecule has 1 amide bonds. The topological polar surface area (TPSA) is 54.3 Å². The van der Waals surface area contributed by atoms with Crippen LogP contribution in [0.25, 0.3) is 0 Å². The van der Waals surface area contributed by atoms with Gasteiger partial charge in [0.1, 0.15) is 5.69 Å². The third-order valence-corrected chi connectivity index (χ3v) is 3.97. The highest BCUT2D eigenvalue weighted by Crippen LogP contribution is 2.10. The van der Waals surface area contributed by atoms with Gasteiger partial charge in [0.25, 0.3) is 5.91 Å². The average Bonchev–Trinajstić information content (AvgIpc) is 3.05. The van der Waals surface area contributed by atoms with Gasteiger partial charge in [-0.3, -0.25) is 19.4 Å². The van der Waals surface area contributed by atoms with Gasteiger partial charge < -0.3 is 4.90 Å². The third-order valence-electron chi connectivity index (χ3n) is 3.97. The summed E-state index contributed by atoms with van der Waals surface area (Å²) in [5.74, 6) is 0.0354. The van der Waals surface area contributed by atoms with E-state index in [0.29, 0.717) is 5.69 Å². The lowest BCUT2D eigenvalue weighted by molar-refractivity contribution is 0.0621. The Bertz CT molecular complexity index is 616. The highest BCUT2D eigenvalue weighted by molar-refractivity contribution is 5.92. The smallest absolute Gasteiger partial charge is 0.274 e. The van der Waals surface area contributed by atoms with Crippen molar-refractivity contribution in [2.24, 2.45) is 0 Å². The molecule has 0 spiro atoms. The Labute approximate surface area is 130 Å². The van der Waals surface area contributed by atoms with Crippen molar-refractivity contribution in [3.8, 4) is 0 Å². The predicted molar refractivity (Wildman–Crippen MR) is 83.3 cm³/mol. The van der Waals surface area contributed by atoms with Crippen LogP contribution in [-0.4, -0.2) is 56.7 Å². The van der Waals surface area contributed by atoms with E-state index in [0.717, 1.165) is 39.3 Å². The molecule has 116 valence electrons. The molecule has 1 fully saturated rings. The first-order valence-corrected chi connectivity index (χ1v) is 7.70. The van der Waals surface area contributed by atoms with Crippen molar-refractivity contribution >= 4 is 5.91 Å². The Hall–Kier alpha value is -2.21. The third kappa shape index (κ3) is 3.33. The number of aryl methyl sites for hydroxylation is 1. The van der Waals surface area contributed by atoms with Gasteiger partial charge in [-0.15, -0.1) is 0 Å². The molecule has 22 heavy (non-hydrogen) atoms. The summed E-state index contributed by atoms with van der Waals surface area (Å²) in [5.41, 5.74) is 1.76. The number of nitrogens with zero attached hydrogens (tertiary/aromatic N) is 5. The summed E-state index contributed by atoms with van der Waals surface area (Å²) in [6.07, 6.45) is 5.54. The van der Waals surface area contributed by atoms with E-state index in [1.807, 2.05) is 30.3 Å². The van der Waals surface area contributed by atoms with Crippen LogP contribution < -0.4 is 0 Å². The van der Waals surface area contributed by atoms with Gasteiger partial charge >= 0.3 is 0 Å². The van der Waals surface area contributed by atoms with Crippen molar-refractivity contribution in [1.82, 2.24) is 24.6 Å². The minimum absolute atomic E-state index is 0.0354. The van der Waals surface area contributed by atoms with E-state index in [1.54, 1.807) is 16.9 Å². The van der Waals surface area contributed by atoms with Gasteiger partial charge in [-0.2, -0.15) is 5.10 Å². The summed E-state index contributed by atoms with van der Waals surface area (Å²) in [7, 11) is 0. The first kappa shape index (κ1) is 14.7. The zero-order valence-electron chi connectivity index (χ0n) is 12.9. The highest BCUT2D eigenvalue weighted by atomic mass is 16.2. The van der Waals surface area contributed by atoms with E-state index in [9.17, 15) is 4.79 Å². The molecule has 6 nitrogen and oxygen atoms in total. The average molecular weight is 299 g/mol. The molecular weight excluding hydrogens is 278 g/mol. The summed E-state index contributed by atoms with van der Waals surface area (Å²) in [4.78, 5) is 20.8. The van der Waals surface area contributed by atoms with Gasteiger partial charge in [0.15, 0.2) is 0 Å². The van der Waals surface area contributed by atoms with Gasteiger partial charge in [-0.25, -0.2) is 0 Å². The van der Waals surface area contributed by atoms with E-state index >= 15 is 0 Å². The second-order valence-corrected chi connectivity index (χ2v) is 5.49. The minimum atomic E-state index is 0.0354. The van der Waals surface area contributed by atoms with Crippen LogP contribution in [0, 0.1) is 0 Å². The molecule has 6 heteroatoms. The van der Waals surface area contributed by atoms with Crippen molar-refractivity contribution in [3.63, 3.8) is 0 Å². The molecule has 1 saturated heterocycles. The maximum absolute atomic E-state index is 12.4. The number of aromatic nitrogens is 3. The molecule has 3 rings (SSSR count). The monoisotopic (exact) mass is 299 g/mol. The lowest BCUT2D eigenvalue weighted by atomic mass is 10.2. The summed E-state index contributed by atoms with van der Waals surface area (Å²) < 4.78 is 1.78. The number of carbonyl (C=O) groups excluding carboxylic acids is 1. The first-order chi connectivity index (χ1) is 10.8. The number of carbonyl (C=O) groups is 1. The van der Waals surface area contributed by atoms with Crippen LogP contribution >= 0.6 is 0 Å². The Balaban J connectivity index is 1.54. The predicted octanol–water partition coefficient (Wildman–Crippen LogP) is 1.26. The van der Waals surface area contributed by atoms with E-state index in [2.05, 4.69) is 21.0 Å². The molecular formula is C16H21N5O. The minimum Gasteiger partial charge on any atom is -0.335 e. The zero-order valence-corrected chi connectivity index (χ0v) is 12.9. The normalized spacial score (nSPS) is 16.0. The Kier molecular flexibility index (Phi) is 4.48. The van der Waals surface area contributed by atoms with Gasteiger partial charge in [-0.1, -0.05) is 6.07 Å². The number of rotatable bonds is 4. The maximum Gasteiger partial charge on any atom is 0.274 e. The largest absolute Gasteiger partial charge is 0.335 e. The van der Waals surface area contributed by atoms with E-state index in [1.165, 1.54) is 5.56 Å². The summed E-state index contributed by atoms with van der Waals surface area (Å²) in [6, 6.07) is 5.84. The molecule has 3 heterocycles. The fraction of sp³-hybridized carbons (Fsp3) is 0.438. The van der Waals surface area contributed by atoms with Gasteiger partial charge in [0, 0.05) is 57.9 Å². The summed E-state index contributed by atoms with van der Waals surface area (Å²) in [6.45, 7) is 6.95. The molecule has 0 saturated carbocycles. The van der Waals surface area contributed by atoms with Gasteiger partial charge in [-0.05, 0) is 24.6 Å². The molecule has 0 N–H and O–H groups in total. The number of pyridine rings is 1. The van der Waals surface area contributed by atoms with Crippen LogP contribution in [0.1, 0.15) is 23.0 Å². The van der Waals surface area contributed by atoms with E-state index in [4.69, 9.17) is 0 Å². The molecule has 0 radical (unpaired) electrons. The lowest BCUT2D eigenvalue weighted by Gasteiger charge is -2.34. The molecule has 2 aromatic rings. The van der Waals surface area contributed by atoms with Crippen LogP contribution in [0.15, 0.2) is 36.8 Å². The highest BCUT2D eigenvalue weighted by Gasteiger charge is 2.23. The molecule has 0 aromatic carbocycles. The van der Waals surface area contributed by atoms with Crippen molar-refractivity contribution in [2.45, 2.75) is 20.0 Å². The SMILES string of the molecule is CCn1ccc(C(=O)N2CCN(Cc3cccnc3)CC2)n1. The van der Waals surface area contributed by atoms with Crippen molar-refractivity contribution in [3.05, 3.63) is 48.0 Å². The van der Waals surface area contributed by atoms with Crippen LogP contribution in [-0.2, 0) is 13.1 Å². The second-order valence-electron chi connectivity index (χ2n) is 5.49. The van der Waals surface area contributed by atoms with Gasteiger partial charge in [0.2, 0.25) is 0 Å². The summed E-state index contributed by atoms with van der Waals surface area (Å²) >= 11 is 0. The number of hydrogen-bond acceptors (Lipinski definition) is 4. The van der Waals surface area contributed by atoms with E-state index in [-0.39, 0.29) is 5.91 Å². The quantitative estimate of drug-likeness (QED) is 0.853. The van der Waals surface area contributed by atoms with Crippen LogP contribution in [0.3, 0.4) is 0 Å². The van der Waals surface area contributed by atoms with Crippen LogP contribution in [0.5, 0.6) is 0 Å². The lowest BCUT2D eigenvalue weighted by Crippen LogP contribution is -2.48. The van der Waals surface area contributed by atoms with Gasteiger partial charge in [0.05, 0.1) is 0 Å². The van der Waals surface area contributed by atoms with Crippen molar-refractivity contribution in [2.75, 3.05) is 26.2 Å². The standard InChI is InChI=1S/C16H21N5O/c1-2-21-7-5-15(18-21)16(22)20-10-8-19(9-11-20)13-14-4-3-6-17-12-14/h3-7,12H,2,8-11,13H2,1H3. The summed E-state index contributed by atoms with van der Waals surface area (Å²) in [5, 5.41) is 4.29. The molecule has 1 aliphatic rings. The number of hydrogen-bond donors (Lipinski definition) is 0. The fourth-order valence-electron chi connectivity index (χ4n) is 2.67. The zero-order chi connectivity index (χ0) is 15.4. The van der Waals surface area contributed by atoms with Crippen molar-refractivity contribution < 1.29 is 4.79 Å². The Morgan fingerprint density at radius 3 is 2.68 bits per heavy atom. The number of amides is 1. The van der Waals surface area contributed by atoms with Crippen LogP contribution in [0.4, 0.5) is 0 Å². The molecule has 0 bridgehead atoms. The Morgan fingerprint density at radius 2 is 2.05 bits per heavy atom. The van der Waals surface area contributed by atoms with Crippen molar-refractivity contribution in [1.29, 1.82) is 0 Å². The molecule has 2 aromatic heterocycles.